The molecule has 0 saturated carbocycles. The lowest BCUT2D eigenvalue weighted by molar-refractivity contribution is 1.57. The van der Waals surface area contributed by atoms with Crippen molar-refractivity contribution >= 4 is 75.4 Å². The van der Waals surface area contributed by atoms with E-state index in [0.29, 0.717) is 0 Å². The molecule has 0 bridgehead atoms. The van der Waals surface area contributed by atoms with Gasteiger partial charge in [0.25, 0.3) is 0 Å². The van der Waals surface area contributed by atoms with E-state index in [0.717, 1.165) is 0 Å². The molecule has 0 saturated heterocycles. The van der Waals surface area contributed by atoms with Gasteiger partial charge in [0.1, 0.15) is 0 Å². The first kappa shape index (κ1) is 56.8. The van der Waals surface area contributed by atoms with Crippen LogP contribution >= 0.6 is 0 Å². The Labute approximate surface area is 570 Å². The smallest absolute Gasteiger partial charge is 0.00139 e. The summed E-state index contributed by atoms with van der Waals surface area (Å²) in [7, 11) is 0. The second-order valence-corrected chi connectivity index (χ2v) is 26.2. The van der Waals surface area contributed by atoms with Crippen LogP contribution in [0, 0.1) is 0 Å². The second kappa shape index (κ2) is 23.6. The Bertz CT molecular complexity index is 6140. The van der Waals surface area contributed by atoms with Gasteiger partial charge in [-0.25, -0.2) is 0 Å². The van der Waals surface area contributed by atoms with Crippen LogP contribution in [-0.4, -0.2) is 0 Å². The van der Waals surface area contributed by atoms with Crippen LogP contribution in [-0.2, 0) is 0 Å². The van der Waals surface area contributed by atoms with E-state index in [-0.39, 0.29) is 0 Å². The summed E-state index contributed by atoms with van der Waals surface area (Å²) in [5.41, 5.74) is 26.1. The molecule has 0 aliphatic rings. The highest BCUT2D eigenvalue weighted by atomic mass is 14.3. The topological polar surface area (TPSA) is 0 Å². The van der Waals surface area contributed by atoms with Gasteiger partial charge in [0.15, 0.2) is 0 Å². The number of hydrogen-bond acceptors (Lipinski definition) is 0. The van der Waals surface area contributed by atoms with Gasteiger partial charge in [-0.05, 0) is 234 Å². The summed E-state index contributed by atoms with van der Waals surface area (Å²) in [5, 5.41) is 17.3. The molecule has 19 aromatic carbocycles. The zero-order valence-electron chi connectivity index (χ0n) is 53.8. The summed E-state index contributed by atoms with van der Waals surface area (Å²) in [6.45, 7) is 0. The maximum atomic E-state index is 2.51. The van der Waals surface area contributed by atoms with E-state index < -0.39 is 0 Å². The predicted octanol–water partition coefficient (Wildman–Crippen LogP) is 27.5. The highest BCUT2D eigenvalue weighted by Crippen LogP contribution is 2.53. The van der Waals surface area contributed by atoms with Crippen molar-refractivity contribution in [1.29, 1.82) is 0 Å². The third-order valence-corrected chi connectivity index (χ3v) is 20.7. The molecule has 0 N–H and O–H groups in total. The monoisotopic (exact) mass is 1240 g/mol. The molecule has 0 nitrogen and oxygen atoms in total. The predicted molar refractivity (Wildman–Crippen MR) is 420 cm³/mol. The minimum absolute atomic E-state index is 1.17. The molecular weight excluding hydrogens is 1180 g/mol. The lowest BCUT2D eigenvalue weighted by atomic mass is 9.79. The molecule has 0 spiro atoms. The van der Waals surface area contributed by atoms with Crippen LogP contribution in [0.3, 0.4) is 0 Å². The molecule has 0 heteroatoms. The molecule has 0 amide bonds. The van der Waals surface area contributed by atoms with Crippen molar-refractivity contribution in [3.8, 4) is 122 Å². The number of hydrogen-bond donors (Lipinski definition) is 0. The van der Waals surface area contributed by atoms with Crippen molar-refractivity contribution in [2.24, 2.45) is 0 Å². The van der Waals surface area contributed by atoms with Gasteiger partial charge < -0.3 is 0 Å². The van der Waals surface area contributed by atoms with Crippen LogP contribution in [0.2, 0.25) is 0 Å². The Hall–Kier alpha value is -12.7. The molecule has 0 aliphatic carbocycles. The third-order valence-electron chi connectivity index (χ3n) is 20.7. The van der Waals surface area contributed by atoms with Gasteiger partial charge >= 0.3 is 0 Å². The molecule has 0 fully saturated rings. The summed E-state index contributed by atoms with van der Waals surface area (Å²) in [5.74, 6) is 0. The molecule has 0 atom stereocenters. The van der Waals surface area contributed by atoms with Crippen LogP contribution < -0.4 is 0 Å². The maximum Gasteiger partial charge on any atom is -0.00139 e. The first-order chi connectivity index (χ1) is 48.6. The third kappa shape index (κ3) is 9.84. The molecule has 98 heavy (non-hydrogen) atoms. The van der Waals surface area contributed by atoms with E-state index in [1.54, 1.807) is 0 Å². The van der Waals surface area contributed by atoms with E-state index in [4.69, 9.17) is 0 Å². The van der Waals surface area contributed by atoms with E-state index >= 15 is 0 Å². The normalized spacial score (nSPS) is 11.7. The van der Waals surface area contributed by atoms with Gasteiger partial charge in [-0.1, -0.05) is 340 Å². The maximum absolute atomic E-state index is 2.51. The molecular formula is C98H62. The molecule has 0 radical (unpaired) electrons. The number of benzene rings is 19. The summed E-state index contributed by atoms with van der Waals surface area (Å²) in [6.07, 6.45) is 0. The minimum atomic E-state index is 1.17. The van der Waals surface area contributed by atoms with Crippen LogP contribution in [0.5, 0.6) is 0 Å². The van der Waals surface area contributed by atoms with Crippen molar-refractivity contribution in [3.63, 3.8) is 0 Å². The Morgan fingerprint density at radius 3 is 0.571 bits per heavy atom. The molecule has 19 rings (SSSR count). The lowest BCUT2D eigenvalue weighted by Gasteiger charge is -2.24. The average Bonchev–Trinajstić information content (AvgIpc) is 0.696. The van der Waals surface area contributed by atoms with E-state index in [1.807, 2.05) is 0 Å². The van der Waals surface area contributed by atoms with Crippen molar-refractivity contribution in [2.75, 3.05) is 0 Å². The highest BCUT2D eigenvalue weighted by molar-refractivity contribution is 6.33. The Kier molecular flexibility index (Phi) is 13.7. The van der Waals surface area contributed by atoms with E-state index in [2.05, 4.69) is 376 Å². The SMILES string of the molecule is c1ccc(-c2cc(-c3ccccc3-c3ccc(-c4ccc5ccccc5c4)cc3)c3ccc4c(-c5ccccc5-c5ccc6ccccc6c5)cc(-c5ccccc5-c5ccc(-c6ccc7ccccc7c6)cc5)c5ccc2c3c54)c(-c2ccc(-c3ccc4ccccc4c3)cc2)c1. The standard InChI is InChI=1S/C98H62/c1-5-21-73-57-77(49-39-63(73)17-1)67-33-43-70(44-34-67)81-25-9-13-29-85(81)93-61-94(86-30-14-10-26-82(86)71-45-35-68(36-46-71)78-50-40-64-18-2-6-22-74(64)58-78)90-55-56-92-96(88-32-16-12-28-84(88)80-52-42-66-20-4-8-24-76(66)60-80)62-95(91-54-53-89(93)97(90)98(91)92)87-31-15-11-27-83(87)72-47-37-69(38-48-72)79-51-41-65-19-3-7-23-75(65)59-79/h1-62H. The molecule has 454 valence electrons. The van der Waals surface area contributed by atoms with Gasteiger partial charge in [-0.15, -0.1) is 0 Å². The first-order valence-corrected chi connectivity index (χ1v) is 34.0. The zero-order valence-corrected chi connectivity index (χ0v) is 53.8. The van der Waals surface area contributed by atoms with Crippen LogP contribution in [0.4, 0.5) is 0 Å². The summed E-state index contributed by atoms with van der Waals surface area (Å²) < 4.78 is 0. The second-order valence-electron chi connectivity index (χ2n) is 26.2. The van der Waals surface area contributed by atoms with Crippen molar-refractivity contribution in [2.45, 2.75) is 0 Å². The molecule has 0 aliphatic heterocycles. The molecule has 0 aromatic heterocycles. The molecule has 19 aromatic rings. The van der Waals surface area contributed by atoms with Crippen LogP contribution in [0.15, 0.2) is 376 Å². The van der Waals surface area contributed by atoms with Crippen LogP contribution in [0.25, 0.3) is 198 Å². The first-order valence-electron chi connectivity index (χ1n) is 34.0. The summed E-state index contributed by atoms with van der Waals surface area (Å²) in [4.78, 5) is 0. The van der Waals surface area contributed by atoms with Gasteiger partial charge in [-0.2, -0.15) is 0 Å². The van der Waals surface area contributed by atoms with Gasteiger partial charge in [-0.3, -0.25) is 0 Å². The fraction of sp³-hybridized carbons (Fsp3) is 0. The zero-order chi connectivity index (χ0) is 64.6. The van der Waals surface area contributed by atoms with Gasteiger partial charge in [0.05, 0.1) is 0 Å². The van der Waals surface area contributed by atoms with Gasteiger partial charge in [0.2, 0.25) is 0 Å². The van der Waals surface area contributed by atoms with Crippen LogP contribution in [0.1, 0.15) is 0 Å². The van der Waals surface area contributed by atoms with Crippen molar-refractivity contribution in [3.05, 3.63) is 376 Å². The molecule has 0 heterocycles. The Morgan fingerprint density at radius 2 is 0.296 bits per heavy atom. The summed E-state index contributed by atoms with van der Waals surface area (Å²) in [6, 6.07) is 141. The van der Waals surface area contributed by atoms with E-state index in [9.17, 15) is 0 Å². The van der Waals surface area contributed by atoms with Gasteiger partial charge in [0, 0.05) is 0 Å². The highest BCUT2D eigenvalue weighted by Gasteiger charge is 2.25. The minimum Gasteiger partial charge on any atom is -0.0616 e. The summed E-state index contributed by atoms with van der Waals surface area (Å²) >= 11 is 0. The fourth-order valence-electron chi connectivity index (χ4n) is 15.8. The number of rotatable bonds is 11. The lowest BCUT2D eigenvalue weighted by Crippen LogP contribution is -1.97. The fourth-order valence-corrected chi connectivity index (χ4v) is 15.8. The van der Waals surface area contributed by atoms with E-state index in [1.165, 1.54) is 198 Å². The largest absolute Gasteiger partial charge is 0.0616 e. The quantitative estimate of drug-likeness (QED) is 0.113. The average molecular weight is 1240 g/mol. The Morgan fingerprint density at radius 1 is 0.102 bits per heavy atom. The van der Waals surface area contributed by atoms with Crippen molar-refractivity contribution < 1.29 is 0 Å². The number of fused-ring (bicyclic) bond motifs is 4. The Balaban J connectivity index is 0.854. The molecule has 0 unspecified atom stereocenters. The van der Waals surface area contributed by atoms with Crippen molar-refractivity contribution in [1.82, 2.24) is 0 Å².